The molecule has 2 aromatic rings. The number of carbonyl (C=O) groups is 1. The van der Waals surface area contributed by atoms with E-state index in [0.29, 0.717) is 13.1 Å². The third-order valence-corrected chi connectivity index (χ3v) is 5.73. The van der Waals surface area contributed by atoms with Crippen LogP contribution in [0, 0.1) is 5.92 Å². The molecule has 0 aromatic carbocycles. The Balaban J connectivity index is 1.49. The highest BCUT2D eigenvalue weighted by Crippen LogP contribution is 2.24. The molecule has 0 bridgehead atoms. The summed E-state index contributed by atoms with van der Waals surface area (Å²) in [4.78, 5) is 21.8. The number of rotatable bonds is 4. The van der Waals surface area contributed by atoms with Gasteiger partial charge in [0.25, 0.3) is 0 Å². The van der Waals surface area contributed by atoms with E-state index in [2.05, 4.69) is 33.6 Å². The first-order chi connectivity index (χ1) is 13.2. The van der Waals surface area contributed by atoms with E-state index in [1.807, 2.05) is 23.1 Å². The lowest BCUT2D eigenvalue weighted by atomic mass is 9.95. The van der Waals surface area contributed by atoms with Crippen LogP contribution in [-0.2, 0) is 17.9 Å². The Hall–Kier alpha value is -2.34. The highest BCUT2D eigenvalue weighted by atomic mass is 16.5. The molecule has 2 aliphatic rings. The third kappa shape index (κ3) is 4.16. The number of ether oxygens (including phenoxy) is 1. The summed E-state index contributed by atoms with van der Waals surface area (Å²) < 4.78 is 8.38. The highest BCUT2D eigenvalue weighted by molar-refractivity contribution is 5.79. The number of piperidine rings is 1. The van der Waals surface area contributed by atoms with Crippen LogP contribution in [0.25, 0.3) is 0 Å². The van der Waals surface area contributed by atoms with Gasteiger partial charge in [-0.15, -0.1) is 0 Å². The molecule has 0 radical (unpaired) electrons. The number of fused-ring (bicyclic) bond motifs is 1. The van der Waals surface area contributed by atoms with Crippen LogP contribution in [0.4, 0.5) is 0 Å². The van der Waals surface area contributed by atoms with Gasteiger partial charge in [-0.2, -0.15) is 0 Å². The molecule has 4 rings (SSSR count). The van der Waals surface area contributed by atoms with Gasteiger partial charge in [0.2, 0.25) is 5.91 Å². The number of hydrogen-bond acceptors (Lipinski definition) is 4. The molecule has 27 heavy (non-hydrogen) atoms. The number of amides is 1. The Morgan fingerprint density at radius 1 is 1.22 bits per heavy atom. The quantitative estimate of drug-likeness (QED) is 0.832. The smallest absolute Gasteiger partial charge is 0.226 e. The molecule has 1 saturated heterocycles. The van der Waals surface area contributed by atoms with E-state index < -0.39 is 0 Å². The van der Waals surface area contributed by atoms with Crippen LogP contribution in [-0.4, -0.2) is 57.5 Å². The molecule has 6 nitrogen and oxygen atoms in total. The normalized spacial score (nSPS) is 21.5. The molecule has 2 aliphatic heterocycles. The second-order valence-corrected chi connectivity index (χ2v) is 7.51. The van der Waals surface area contributed by atoms with Gasteiger partial charge in [0.15, 0.2) is 0 Å². The van der Waals surface area contributed by atoms with Crippen molar-refractivity contribution in [3.63, 3.8) is 0 Å². The molecule has 144 valence electrons. The minimum Gasteiger partial charge on any atom is -0.485 e. The maximum absolute atomic E-state index is 13.3. The van der Waals surface area contributed by atoms with Crippen LogP contribution in [0.15, 0.2) is 42.9 Å². The van der Waals surface area contributed by atoms with Gasteiger partial charge in [-0.1, -0.05) is 6.92 Å². The Labute approximate surface area is 160 Å². The summed E-state index contributed by atoms with van der Waals surface area (Å²) in [5, 5.41) is 0. The number of carbonyl (C=O) groups excluding carboxylic acids is 1. The Bertz CT molecular complexity index is 753. The van der Waals surface area contributed by atoms with Crippen LogP contribution in [0.2, 0.25) is 0 Å². The lowest BCUT2D eigenvalue weighted by Gasteiger charge is -2.34. The molecule has 0 N–H and O–H groups in total. The zero-order valence-electron chi connectivity index (χ0n) is 16.0. The van der Waals surface area contributed by atoms with E-state index in [4.69, 9.17) is 4.74 Å². The molecule has 1 fully saturated rings. The monoisotopic (exact) mass is 368 g/mol. The van der Waals surface area contributed by atoms with E-state index in [-0.39, 0.29) is 17.9 Å². The van der Waals surface area contributed by atoms with E-state index in [1.54, 1.807) is 12.4 Å². The molecule has 0 saturated carbocycles. The first-order valence-corrected chi connectivity index (χ1v) is 9.94. The summed E-state index contributed by atoms with van der Waals surface area (Å²) in [5.74, 6) is 1.16. The van der Waals surface area contributed by atoms with Crippen molar-refractivity contribution in [3.05, 3.63) is 48.5 Å². The molecule has 6 heteroatoms. The van der Waals surface area contributed by atoms with E-state index in [1.165, 1.54) is 5.69 Å². The van der Waals surface area contributed by atoms with Crippen LogP contribution in [0.3, 0.4) is 0 Å². The first kappa shape index (κ1) is 18.0. The summed E-state index contributed by atoms with van der Waals surface area (Å²) >= 11 is 0. The van der Waals surface area contributed by atoms with Gasteiger partial charge in [0.05, 0.1) is 25.8 Å². The van der Waals surface area contributed by atoms with Gasteiger partial charge < -0.3 is 19.1 Å². The molecule has 2 aromatic heterocycles. The summed E-state index contributed by atoms with van der Waals surface area (Å²) in [5.41, 5.74) is 1.17. The van der Waals surface area contributed by atoms with Crippen molar-refractivity contribution in [3.8, 4) is 5.75 Å². The second-order valence-electron chi connectivity index (χ2n) is 7.51. The SMILES string of the molecule is CCN1CCC(C(=O)N2Cc3cccn3CC(Oc3cccnc3)C2)CC1. The summed E-state index contributed by atoms with van der Waals surface area (Å²) in [6, 6.07) is 7.94. The molecular formula is C21H28N4O2. The third-order valence-electron chi connectivity index (χ3n) is 5.73. The lowest BCUT2D eigenvalue weighted by molar-refractivity contribution is -0.138. The maximum atomic E-state index is 13.3. The summed E-state index contributed by atoms with van der Waals surface area (Å²) in [6.45, 7) is 7.32. The van der Waals surface area contributed by atoms with Crippen molar-refractivity contribution >= 4 is 5.91 Å². The van der Waals surface area contributed by atoms with Gasteiger partial charge >= 0.3 is 0 Å². The van der Waals surface area contributed by atoms with E-state index in [9.17, 15) is 4.79 Å². The predicted octanol–water partition coefficient (Wildman–Crippen LogP) is 2.40. The van der Waals surface area contributed by atoms with Crippen LogP contribution >= 0.6 is 0 Å². The summed E-state index contributed by atoms with van der Waals surface area (Å²) in [6.07, 6.45) is 7.37. The molecule has 1 atom stereocenters. The minimum atomic E-state index is -0.0810. The predicted molar refractivity (Wildman–Crippen MR) is 103 cm³/mol. The van der Waals surface area contributed by atoms with Crippen molar-refractivity contribution < 1.29 is 9.53 Å². The molecule has 4 heterocycles. The average Bonchev–Trinajstić information content (AvgIpc) is 3.07. The Morgan fingerprint density at radius 3 is 2.81 bits per heavy atom. The Morgan fingerprint density at radius 2 is 2.07 bits per heavy atom. The number of nitrogens with zero attached hydrogens (tertiary/aromatic N) is 4. The number of likely N-dealkylation sites (tertiary alicyclic amines) is 1. The van der Waals surface area contributed by atoms with Crippen molar-refractivity contribution in [2.45, 2.75) is 39.0 Å². The first-order valence-electron chi connectivity index (χ1n) is 9.94. The van der Waals surface area contributed by atoms with Crippen molar-refractivity contribution in [2.75, 3.05) is 26.2 Å². The van der Waals surface area contributed by atoms with Crippen molar-refractivity contribution in [1.82, 2.24) is 19.4 Å². The van der Waals surface area contributed by atoms with Gasteiger partial charge in [0, 0.05) is 24.0 Å². The van der Waals surface area contributed by atoms with Crippen molar-refractivity contribution in [1.29, 1.82) is 0 Å². The Kier molecular flexibility index (Phi) is 5.43. The molecule has 1 amide bonds. The van der Waals surface area contributed by atoms with Gasteiger partial charge in [-0.25, -0.2) is 0 Å². The number of pyridine rings is 1. The fourth-order valence-corrected chi connectivity index (χ4v) is 4.16. The van der Waals surface area contributed by atoms with E-state index >= 15 is 0 Å². The number of aromatic nitrogens is 2. The largest absolute Gasteiger partial charge is 0.485 e. The average molecular weight is 368 g/mol. The summed E-state index contributed by atoms with van der Waals surface area (Å²) in [7, 11) is 0. The van der Waals surface area contributed by atoms with Crippen LogP contribution < -0.4 is 4.74 Å². The fourth-order valence-electron chi connectivity index (χ4n) is 4.16. The highest BCUT2D eigenvalue weighted by Gasteiger charge is 2.32. The molecular weight excluding hydrogens is 340 g/mol. The molecule has 1 unspecified atom stereocenters. The van der Waals surface area contributed by atoms with E-state index in [0.717, 1.165) is 44.8 Å². The van der Waals surface area contributed by atoms with Gasteiger partial charge in [-0.05, 0) is 56.7 Å². The van der Waals surface area contributed by atoms with Gasteiger partial charge in [0.1, 0.15) is 11.9 Å². The van der Waals surface area contributed by atoms with Crippen LogP contribution in [0.1, 0.15) is 25.5 Å². The van der Waals surface area contributed by atoms with Crippen LogP contribution in [0.5, 0.6) is 5.75 Å². The lowest BCUT2D eigenvalue weighted by Crippen LogP contribution is -2.45. The second kappa shape index (κ2) is 8.13. The zero-order valence-corrected chi connectivity index (χ0v) is 16.0. The van der Waals surface area contributed by atoms with Gasteiger partial charge in [-0.3, -0.25) is 9.78 Å². The maximum Gasteiger partial charge on any atom is 0.226 e. The fraction of sp³-hybridized carbons (Fsp3) is 0.524. The zero-order chi connectivity index (χ0) is 18.6. The topological polar surface area (TPSA) is 50.6 Å². The minimum absolute atomic E-state index is 0.0810. The molecule has 0 spiro atoms. The van der Waals surface area contributed by atoms with Crippen molar-refractivity contribution in [2.24, 2.45) is 5.92 Å². The number of hydrogen-bond donors (Lipinski definition) is 0. The molecule has 0 aliphatic carbocycles. The standard InChI is InChI=1S/C21H28N4O2/c1-2-23-11-7-17(8-12-23)21(26)25-14-18-5-4-10-24(18)15-20(16-25)27-19-6-3-9-22-13-19/h3-6,9-10,13,17,20H,2,7-8,11-12,14-16H2,1H3.